The maximum absolute atomic E-state index is 10.6. The molecule has 1 nitrogen and oxygen atoms in total. The van der Waals surface area contributed by atoms with Gasteiger partial charge in [-0.3, -0.25) is 0 Å². The summed E-state index contributed by atoms with van der Waals surface area (Å²) >= 11 is 0. The molecule has 0 bridgehead atoms. The number of hydrogen-bond acceptors (Lipinski definition) is 1. The van der Waals surface area contributed by atoms with Crippen LogP contribution in [0.15, 0.2) is 0 Å². The molecule has 0 aliphatic rings. The van der Waals surface area contributed by atoms with Crippen molar-refractivity contribution in [1.29, 1.82) is 0 Å². The van der Waals surface area contributed by atoms with E-state index in [9.17, 15) is 4.79 Å². The zero-order valence-corrected chi connectivity index (χ0v) is 8.64. The van der Waals surface area contributed by atoms with Crippen molar-refractivity contribution in [3.05, 3.63) is 0 Å². The molecule has 0 aromatic rings. The van der Waals surface area contributed by atoms with Crippen LogP contribution in [-0.2, 0) is 4.79 Å². The van der Waals surface area contributed by atoms with Crippen LogP contribution in [0.5, 0.6) is 0 Å². The molecule has 0 N–H and O–H groups in total. The quantitative estimate of drug-likeness (QED) is 0.413. The summed E-state index contributed by atoms with van der Waals surface area (Å²) < 4.78 is 0. The number of carbonyl (C=O) groups is 1. The Morgan fingerprint density at radius 1 is 1.08 bits per heavy atom. The van der Waals surface area contributed by atoms with Gasteiger partial charge in [0.2, 0.25) is 0 Å². The molecule has 0 atom stereocenters. The maximum atomic E-state index is 10.6. The molecule has 0 spiro atoms. The second kappa shape index (κ2) is 9.32. The SMILES string of the molecule is C#CCCCCCCCCC(C)=O. The number of carbonyl (C=O) groups excluding carboxylic acids is 1. The highest BCUT2D eigenvalue weighted by atomic mass is 16.1. The summed E-state index contributed by atoms with van der Waals surface area (Å²) in [6.45, 7) is 1.66. The van der Waals surface area contributed by atoms with E-state index < -0.39 is 0 Å². The lowest BCUT2D eigenvalue weighted by Crippen LogP contribution is -1.89. The van der Waals surface area contributed by atoms with E-state index in [1.807, 2.05) is 0 Å². The fraction of sp³-hybridized carbons (Fsp3) is 0.750. The van der Waals surface area contributed by atoms with Crippen molar-refractivity contribution in [2.24, 2.45) is 0 Å². The number of ketones is 1. The minimum atomic E-state index is 0.312. The molecule has 0 aliphatic carbocycles. The Morgan fingerprint density at radius 2 is 1.62 bits per heavy atom. The lowest BCUT2D eigenvalue weighted by atomic mass is 10.1. The van der Waals surface area contributed by atoms with Crippen LogP contribution in [0.1, 0.15) is 58.3 Å². The summed E-state index contributed by atoms with van der Waals surface area (Å²) in [6.07, 6.45) is 14.0. The molecule has 0 radical (unpaired) electrons. The zero-order chi connectivity index (χ0) is 9.94. The minimum Gasteiger partial charge on any atom is -0.300 e. The smallest absolute Gasteiger partial charge is 0.129 e. The first kappa shape index (κ1) is 12.2. The average Bonchev–Trinajstić information content (AvgIpc) is 2.09. The van der Waals surface area contributed by atoms with Gasteiger partial charge in [0.1, 0.15) is 5.78 Å². The molecule has 0 amide bonds. The normalized spacial score (nSPS) is 9.54. The first-order valence-electron chi connectivity index (χ1n) is 5.20. The van der Waals surface area contributed by atoms with Gasteiger partial charge in [0, 0.05) is 12.8 Å². The van der Waals surface area contributed by atoms with Crippen LogP contribution in [0.2, 0.25) is 0 Å². The van der Waals surface area contributed by atoms with Gasteiger partial charge < -0.3 is 4.79 Å². The molecular weight excluding hydrogens is 160 g/mol. The first-order valence-corrected chi connectivity index (χ1v) is 5.20. The third kappa shape index (κ3) is 11.2. The minimum absolute atomic E-state index is 0.312. The van der Waals surface area contributed by atoms with Crippen LogP contribution in [-0.4, -0.2) is 5.78 Å². The van der Waals surface area contributed by atoms with Gasteiger partial charge in [-0.05, 0) is 19.8 Å². The topological polar surface area (TPSA) is 17.1 Å². The van der Waals surface area contributed by atoms with Crippen molar-refractivity contribution in [3.63, 3.8) is 0 Å². The van der Waals surface area contributed by atoms with Crippen molar-refractivity contribution < 1.29 is 4.79 Å². The monoisotopic (exact) mass is 180 g/mol. The van der Waals surface area contributed by atoms with E-state index in [4.69, 9.17) is 6.42 Å². The van der Waals surface area contributed by atoms with E-state index in [0.29, 0.717) is 5.78 Å². The number of Topliss-reactive ketones (excluding diaryl/α,β-unsaturated/α-hetero) is 1. The summed E-state index contributed by atoms with van der Waals surface area (Å²) in [5, 5.41) is 0. The van der Waals surface area contributed by atoms with Gasteiger partial charge in [-0.25, -0.2) is 0 Å². The van der Waals surface area contributed by atoms with Crippen LogP contribution < -0.4 is 0 Å². The molecule has 0 aliphatic heterocycles. The summed E-state index contributed by atoms with van der Waals surface area (Å²) in [6, 6.07) is 0. The van der Waals surface area contributed by atoms with Crippen molar-refractivity contribution in [2.45, 2.75) is 58.3 Å². The van der Waals surface area contributed by atoms with Gasteiger partial charge in [0.25, 0.3) is 0 Å². The molecule has 0 heterocycles. The van der Waals surface area contributed by atoms with E-state index in [1.54, 1.807) is 6.92 Å². The predicted molar refractivity (Wildman–Crippen MR) is 56.5 cm³/mol. The molecule has 0 aromatic carbocycles. The van der Waals surface area contributed by atoms with E-state index in [0.717, 1.165) is 25.7 Å². The van der Waals surface area contributed by atoms with E-state index in [1.165, 1.54) is 25.7 Å². The van der Waals surface area contributed by atoms with Crippen molar-refractivity contribution in [2.75, 3.05) is 0 Å². The number of unbranched alkanes of at least 4 members (excludes halogenated alkanes) is 6. The van der Waals surface area contributed by atoms with Crippen LogP contribution >= 0.6 is 0 Å². The molecule has 0 aromatic heterocycles. The lowest BCUT2D eigenvalue weighted by Gasteiger charge is -1.98. The molecule has 74 valence electrons. The number of terminal acetylenes is 1. The Morgan fingerprint density at radius 3 is 2.15 bits per heavy atom. The lowest BCUT2D eigenvalue weighted by molar-refractivity contribution is -0.117. The fourth-order valence-corrected chi connectivity index (χ4v) is 1.31. The second-order valence-electron chi connectivity index (χ2n) is 3.53. The molecule has 1 heteroatoms. The Bertz CT molecular complexity index is 164. The highest BCUT2D eigenvalue weighted by molar-refractivity contribution is 5.75. The van der Waals surface area contributed by atoms with Crippen LogP contribution in [0.4, 0.5) is 0 Å². The fourth-order valence-electron chi connectivity index (χ4n) is 1.31. The van der Waals surface area contributed by atoms with E-state index in [-0.39, 0.29) is 0 Å². The number of hydrogen-bond donors (Lipinski definition) is 0. The molecular formula is C12H20O. The number of rotatable bonds is 8. The Balaban J connectivity index is 2.92. The molecule has 0 rings (SSSR count). The summed E-state index contributed by atoms with van der Waals surface area (Å²) in [7, 11) is 0. The van der Waals surface area contributed by atoms with Gasteiger partial charge in [0.05, 0.1) is 0 Å². The summed E-state index contributed by atoms with van der Waals surface area (Å²) in [5.41, 5.74) is 0. The third-order valence-electron chi connectivity index (χ3n) is 2.10. The van der Waals surface area contributed by atoms with Gasteiger partial charge in [-0.2, -0.15) is 0 Å². The summed E-state index contributed by atoms with van der Waals surface area (Å²) in [4.78, 5) is 10.6. The summed E-state index contributed by atoms with van der Waals surface area (Å²) in [5.74, 6) is 2.95. The molecule has 0 unspecified atom stereocenters. The highest BCUT2D eigenvalue weighted by Gasteiger charge is 1.93. The van der Waals surface area contributed by atoms with Gasteiger partial charge in [-0.1, -0.05) is 25.7 Å². The maximum Gasteiger partial charge on any atom is 0.129 e. The zero-order valence-electron chi connectivity index (χ0n) is 8.64. The van der Waals surface area contributed by atoms with Crippen LogP contribution in [0, 0.1) is 12.3 Å². The third-order valence-corrected chi connectivity index (χ3v) is 2.10. The Kier molecular flexibility index (Phi) is 8.77. The Labute approximate surface area is 81.9 Å². The van der Waals surface area contributed by atoms with E-state index >= 15 is 0 Å². The average molecular weight is 180 g/mol. The van der Waals surface area contributed by atoms with E-state index in [2.05, 4.69) is 5.92 Å². The standard InChI is InChI=1S/C12H20O/c1-3-4-5-6-7-8-9-10-11-12(2)13/h1H,4-11H2,2H3. The van der Waals surface area contributed by atoms with Crippen molar-refractivity contribution >= 4 is 5.78 Å². The van der Waals surface area contributed by atoms with Gasteiger partial charge in [0.15, 0.2) is 0 Å². The van der Waals surface area contributed by atoms with Gasteiger partial charge in [-0.15, -0.1) is 12.3 Å². The molecule has 13 heavy (non-hydrogen) atoms. The molecule has 0 fully saturated rings. The second-order valence-corrected chi connectivity index (χ2v) is 3.53. The van der Waals surface area contributed by atoms with Crippen molar-refractivity contribution in [3.8, 4) is 12.3 Å². The van der Waals surface area contributed by atoms with Gasteiger partial charge >= 0.3 is 0 Å². The molecule has 0 saturated heterocycles. The van der Waals surface area contributed by atoms with Crippen molar-refractivity contribution in [1.82, 2.24) is 0 Å². The largest absolute Gasteiger partial charge is 0.300 e. The molecule has 0 saturated carbocycles. The van der Waals surface area contributed by atoms with Crippen LogP contribution in [0.25, 0.3) is 0 Å². The Hall–Kier alpha value is -0.770. The highest BCUT2D eigenvalue weighted by Crippen LogP contribution is 2.08. The van der Waals surface area contributed by atoms with Crippen LogP contribution in [0.3, 0.4) is 0 Å². The first-order chi connectivity index (χ1) is 6.27. The predicted octanol–water partition coefficient (Wildman–Crippen LogP) is 3.33.